The normalized spacial score (nSPS) is 20.0. The summed E-state index contributed by atoms with van der Waals surface area (Å²) in [5, 5.41) is 5.79. The van der Waals surface area contributed by atoms with E-state index >= 15 is 0 Å². The number of rotatable bonds is 3. The Labute approximate surface area is 166 Å². The summed E-state index contributed by atoms with van der Waals surface area (Å²) in [5.41, 5.74) is -1.64. The lowest BCUT2D eigenvalue weighted by molar-refractivity contribution is -0.143. The molecule has 0 radical (unpaired) electrons. The van der Waals surface area contributed by atoms with Gasteiger partial charge in [0.1, 0.15) is 11.6 Å². The van der Waals surface area contributed by atoms with E-state index in [0.29, 0.717) is 16.3 Å². The van der Waals surface area contributed by atoms with Crippen molar-refractivity contribution in [1.29, 1.82) is 0 Å². The smallest absolute Gasteiger partial charge is 0.344 e. The fraction of sp³-hybridized carbons (Fsp3) is 0.389. The van der Waals surface area contributed by atoms with Crippen LogP contribution in [0.5, 0.6) is 0 Å². The average Bonchev–Trinajstić information content (AvgIpc) is 3.14. The van der Waals surface area contributed by atoms with Gasteiger partial charge in [-0.1, -0.05) is 12.1 Å². The number of aromatic nitrogens is 2. The van der Waals surface area contributed by atoms with Crippen LogP contribution in [0.15, 0.2) is 30.3 Å². The first-order chi connectivity index (χ1) is 13.8. The second-order valence-corrected chi connectivity index (χ2v) is 6.95. The summed E-state index contributed by atoms with van der Waals surface area (Å²) in [6.07, 6.45) is -9.22. The van der Waals surface area contributed by atoms with Crippen molar-refractivity contribution in [2.24, 2.45) is 13.0 Å². The molecule has 2 heterocycles. The Kier molecular flexibility index (Phi) is 5.29. The van der Waals surface area contributed by atoms with Crippen molar-refractivity contribution < 1.29 is 35.9 Å². The molecule has 2 amide bonds. The van der Waals surface area contributed by atoms with Gasteiger partial charge in [-0.3, -0.25) is 14.3 Å². The minimum Gasteiger partial charge on any atom is -0.344 e. The van der Waals surface area contributed by atoms with Gasteiger partial charge in [-0.05, 0) is 17.7 Å². The van der Waals surface area contributed by atoms with E-state index < -0.39 is 47.3 Å². The standard InChI is InChI=1S/C18H16F6N4O2/c1-27-8-11(9-3-5-10(6-4-9)17(19,20)21)14(16(27)30)15(29)25-13-7-12(18(22,23)24)28(2)26-13/h3-7,11,14H,8H2,1-2H3,(H,25,26,29)/t11-,14+/m0/s1. The summed E-state index contributed by atoms with van der Waals surface area (Å²) < 4.78 is 77.6. The Balaban J connectivity index is 1.85. The Bertz CT molecular complexity index is 965. The monoisotopic (exact) mass is 434 g/mol. The minimum atomic E-state index is -4.68. The van der Waals surface area contributed by atoms with Crippen LogP contribution >= 0.6 is 0 Å². The summed E-state index contributed by atoms with van der Waals surface area (Å²) in [7, 11) is 2.48. The average molecular weight is 434 g/mol. The van der Waals surface area contributed by atoms with Crippen LogP contribution in [0, 0.1) is 5.92 Å². The Hall–Kier alpha value is -3.05. The summed E-state index contributed by atoms with van der Waals surface area (Å²) in [5.74, 6) is -3.95. The van der Waals surface area contributed by atoms with Crippen molar-refractivity contribution in [1.82, 2.24) is 14.7 Å². The predicted molar refractivity (Wildman–Crippen MR) is 92.2 cm³/mol. The maximum atomic E-state index is 12.9. The lowest BCUT2D eigenvalue weighted by Gasteiger charge is -2.17. The summed E-state index contributed by atoms with van der Waals surface area (Å²) in [6, 6.07) is 4.70. The van der Waals surface area contributed by atoms with Gasteiger partial charge in [0, 0.05) is 32.6 Å². The van der Waals surface area contributed by atoms with Gasteiger partial charge >= 0.3 is 12.4 Å². The first-order valence-electron chi connectivity index (χ1n) is 8.63. The van der Waals surface area contributed by atoms with Crippen LogP contribution in [0.4, 0.5) is 32.2 Å². The fourth-order valence-corrected chi connectivity index (χ4v) is 3.41. The molecule has 1 aromatic carbocycles. The number of hydrogen-bond acceptors (Lipinski definition) is 3. The van der Waals surface area contributed by atoms with Crippen LogP contribution < -0.4 is 5.32 Å². The third-order valence-corrected chi connectivity index (χ3v) is 4.89. The molecule has 1 saturated heterocycles. The summed E-state index contributed by atoms with van der Waals surface area (Å²) in [4.78, 5) is 26.4. The molecule has 2 atom stereocenters. The molecule has 1 N–H and O–H groups in total. The molecule has 30 heavy (non-hydrogen) atoms. The molecule has 0 unspecified atom stereocenters. The zero-order valence-corrected chi connectivity index (χ0v) is 15.7. The number of nitrogens with zero attached hydrogens (tertiary/aromatic N) is 3. The van der Waals surface area contributed by atoms with Crippen LogP contribution in [0.2, 0.25) is 0 Å². The number of carbonyl (C=O) groups is 2. The molecule has 6 nitrogen and oxygen atoms in total. The number of hydrogen-bond donors (Lipinski definition) is 1. The summed E-state index contributed by atoms with van der Waals surface area (Å²) in [6.45, 7) is 0.0678. The Morgan fingerprint density at radius 2 is 1.67 bits per heavy atom. The van der Waals surface area contributed by atoms with E-state index in [9.17, 15) is 35.9 Å². The highest BCUT2D eigenvalue weighted by Gasteiger charge is 2.45. The SMILES string of the molecule is CN1C[C@@H](c2ccc(C(F)(F)F)cc2)[C@H](C(=O)Nc2cc(C(F)(F)F)n(C)n2)C1=O. The molecule has 1 aliphatic rings. The van der Waals surface area contributed by atoms with Gasteiger partial charge in [0.2, 0.25) is 11.8 Å². The number of nitrogens with one attached hydrogen (secondary N) is 1. The number of likely N-dealkylation sites (tertiary alicyclic amines) is 1. The minimum absolute atomic E-state index is 0.0678. The van der Waals surface area contributed by atoms with Crippen molar-refractivity contribution >= 4 is 17.6 Å². The number of benzene rings is 1. The van der Waals surface area contributed by atoms with Gasteiger partial charge in [0.05, 0.1) is 5.56 Å². The molecule has 0 aliphatic carbocycles. The maximum Gasteiger partial charge on any atom is 0.433 e. The number of halogens is 6. The Morgan fingerprint density at radius 1 is 1.07 bits per heavy atom. The molecule has 1 aromatic heterocycles. The molecule has 1 fully saturated rings. The third kappa shape index (κ3) is 4.12. The number of alkyl halides is 6. The first-order valence-corrected chi connectivity index (χ1v) is 8.63. The third-order valence-electron chi connectivity index (χ3n) is 4.89. The lowest BCUT2D eigenvalue weighted by Crippen LogP contribution is -2.32. The zero-order chi connectivity index (χ0) is 22.4. The van der Waals surface area contributed by atoms with E-state index in [1.165, 1.54) is 24.1 Å². The highest BCUT2D eigenvalue weighted by Crippen LogP contribution is 2.36. The zero-order valence-electron chi connectivity index (χ0n) is 15.7. The van der Waals surface area contributed by atoms with Crippen molar-refractivity contribution in [3.8, 4) is 0 Å². The van der Waals surface area contributed by atoms with Crippen LogP contribution in [-0.4, -0.2) is 40.1 Å². The predicted octanol–water partition coefficient (Wildman–Crippen LogP) is 3.27. The van der Waals surface area contributed by atoms with Crippen molar-refractivity contribution in [3.05, 3.63) is 47.2 Å². The molecule has 3 rings (SSSR count). The quantitative estimate of drug-likeness (QED) is 0.596. The van der Waals surface area contributed by atoms with E-state index in [-0.39, 0.29) is 12.4 Å². The van der Waals surface area contributed by atoms with Gasteiger partial charge in [-0.2, -0.15) is 31.4 Å². The van der Waals surface area contributed by atoms with Gasteiger partial charge in [-0.15, -0.1) is 0 Å². The number of carbonyl (C=O) groups excluding carboxylic acids is 2. The molecule has 162 valence electrons. The van der Waals surface area contributed by atoms with Crippen LogP contribution in [0.3, 0.4) is 0 Å². The van der Waals surface area contributed by atoms with Crippen LogP contribution in [-0.2, 0) is 29.0 Å². The number of anilines is 1. The molecular weight excluding hydrogens is 418 g/mol. The molecule has 2 aromatic rings. The summed E-state index contributed by atoms with van der Waals surface area (Å²) >= 11 is 0. The maximum absolute atomic E-state index is 12.9. The number of aryl methyl sites for hydroxylation is 1. The van der Waals surface area contributed by atoms with Gasteiger partial charge in [0.25, 0.3) is 0 Å². The molecule has 0 saturated carbocycles. The van der Waals surface area contributed by atoms with Crippen molar-refractivity contribution in [2.45, 2.75) is 18.3 Å². The highest BCUT2D eigenvalue weighted by molar-refractivity contribution is 6.08. The van der Waals surface area contributed by atoms with E-state index in [1.807, 2.05) is 0 Å². The first kappa shape index (κ1) is 21.7. The van der Waals surface area contributed by atoms with E-state index in [0.717, 1.165) is 19.2 Å². The molecule has 0 spiro atoms. The van der Waals surface area contributed by atoms with Crippen LogP contribution in [0.1, 0.15) is 22.7 Å². The lowest BCUT2D eigenvalue weighted by atomic mass is 9.87. The highest BCUT2D eigenvalue weighted by atomic mass is 19.4. The van der Waals surface area contributed by atoms with Crippen molar-refractivity contribution in [2.75, 3.05) is 18.9 Å². The fourth-order valence-electron chi connectivity index (χ4n) is 3.41. The van der Waals surface area contributed by atoms with Gasteiger partial charge < -0.3 is 10.2 Å². The van der Waals surface area contributed by atoms with Crippen LogP contribution in [0.25, 0.3) is 0 Å². The van der Waals surface area contributed by atoms with E-state index in [4.69, 9.17) is 0 Å². The second-order valence-electron chi connectivity index (χ2n) is 6.95. The largest absolute Gasteiger partial charge is 0.433 e. The molecule has 0 bridgehead atoms. The van der Waals surface area contributed by atoms with Gasteiger partial charge in [-0.25, -0.2) is 0 Å². The Morgan fingerprint density at radius 3 is 2.17 bits per heavy atom. The number of amides is 2. The number of likely N-dealkylation sites (N-methyl/N-ethyl adjacent to an activating group) is 1. The molecular formula is C18H16F6N4O2. The van der Waals surface area contributed by atoms with Gasteiger partial charge in [0.15, 0.2) is 5.82 Å². The second kappa shape index (κ2) is 7.33. The van der Waals surface area contributed by atoms with Crippen molar-refractivity contribution in [3.63, 3.8) is 0 Å². The topological polar surface area (TPSA) is 67.2 Å². The van der Waals surface area contributed by atoms with E-state index in [1.54, 1.807) is 0 Å². The molecule has 1 aliphatic heterocycles. The molecule has 12 heteroatoms. The van der Waals surface area contributed by atoms with E-state index in [2.05, 4.69) is 10.4 Å².